The zero-order chi connectivity index (χ0) is 13.7. The molecule has 0 saturated carbocycles. The van der Waals surface area contributed by atoms with E-state index in [4.69, 9.17) is 0 Å². The summed E-state index contributed by atoms with van der Waals surface area (Å²) in [7, 11) is 0. The summed E-state index contributed by atoms with van der Waals surface area (Å²) < 4.78 is 0. The van der Waals surface area contributed by atoms with Crippen LogP contribution in [0, 0.1) is 6.92 Å². The van der Waals surface area contributed by atoms with Gasteiger partial charge < -0.3 is 5.11 Å². The first-order chi connectivity index (χ1) is 9.19. The molecule has 0 saturated heterocycles. The minimum absolute atomic E-state index is 0.322. The van der Waals surface area contributed by atoms with Crippen molar-refractivity contribution in [1.82, 2.24) is 0 Å². The van der Waals surface area contributed by atoms with Gasteiger partial charge in [0.05, 0.1) is 0 Å². The van der Waals surface area contributed by atoms with Gasteiger partial charge in [0.2, 0.25) is 0 Å². The Kier molecular flexibility index (Phi) is 4.40. The van der Waals surface area contributed by atoms with Crippen molar-refractivity contribution in [2.75, 3.05) is 0 Å². The van der Waals surface area contributed by atoms with Crippen molar-refractivity contribution < 1.29 is 5.11 Å². The number of aromatic hydroxyl groups is 1. The lowest BCUT2D eigenvalue weighted by Gasteiger charge is -2.13. The van der Waals surface area contributed by atoms with Crippen LogP contribution in [0.3, 0.4) is 0 Å². The Labute approximate surface area is 115 Å². The SMILES string of the molecule is C=CC(CCc1ccc(O)cc1)c1ccc(C)cc1. The number of aryl methyl sites for hydroxylation is 2. The number of phenolic OH excluding ortho intramolecular Hbond substituents is 1. The van der Waals surface area contributed by atoms with Crippen LogP contribution in [0.4, 0.5) is 0 Å². The zero-order valence-electron chi connectivity index (χ0n) is 11.3. The maximum atomic E-state index is 9.27. The first-order valence-corrected chi connectivity index (χ1v) is 6.66. The highest BCUT2D eigenvalue weighted by Crippen LogP contribution is 2.23. The van der Waals surface area contributed by atoms with Crippen LogP contribution in [0.2, 0.25) is 0 Å². The van der Waals surface area contributed by atoms with Crippen molar-refractivity contribution in [1.29, 1.82) is 0 Å². The Hall–Kier alpha value is -2.02. The highest BCUT2D eigenvalue weighted by Gasteiger charge is 2.07. The third kappa shape index (κ3) is 3.72. The van der Waals surface area contributed by atoms with Crippen molar-refractivity contribution in [2.24, 2.45) is 0 Å². The topological polar surface area (TPSA) is 20.2 Å². The number of hydrogen-bond donors (Lipinski definition) is 1. The second-order valence-corrected chi connectivity index (χ2v) is 4.96. The van der Waals surface area contributed by atoms with Crippen molar-refractivity contribution >= 4 is 0 Å². The Morgan fingerprint density at radius 2 is 1.68 bits per heavy atom. The molecule has 2 aromatic rings. The van der Waals surface area contributed by atoms with Gasteiger partial charge in [-0.05, 0) is 43.0 Å². The van der Waals surface area contributed by atoms with E-state index in [1.165, 1.54) is 16.7 Å². The molecule has 0 aliphatic carbocycles. The van der Waals surface area contributed by atoms with Crippen LogP contribution in [0.25, 0.3) is 0 Å². The summed E-state index contributed by atoms with van der Waals surface area (Å²) in [6.45, 7) is 6.05. The van der Waals surface area contributed by atoms with Gasteiger partial charge in [0.15, 0.2) is 0 Å². The zero-order valence-corrected chi connectivity index (χ0v) is 11.3. The van der Waals surface area contributed by atoms with E-state index in [2.05, 4.69) is 37.8 Å². The number of hydrogen-bond acceptors (Lipinski definition) is 1. The van der Waals surface area contributed by atoms with Gasteiger partial charge in [0.25, 0.3) is 0 Å². The molecule has 2 rings (SSSR count). The molecule has 1 unspecified atom stereocenters. The number of rotatable bonds is 5. The molecule has 0 aromatic heterocycles. The van der Waals surface area contributed by atoms with Crippen LogP contribution in [0.15, 0.2) is 61.2 Å². The quantitative estimate of drug-likeness (QED) is 0.771. The Balaban J connectivity index is 2.01. The molecule has 0 aliphatic rings. The van der Waals surface area contributed by atoms with Crippen LogP contribution in [0.1, 0.15) is 29.0 Å². The first-order valence-electron chi connectivity index (χ1n) is 6.66. The molecular weight excluding hydrogens is 232 g/mol. The Bertz CT molecular complexity index is 523. The molecule has 98 valence electrons. The van der Waals surface area contributed by atoms with Crippen molar-refractivity contribution in [3.05, 3.63) is 77.9 Å². The molecule has 0 heterocycles. The Morgan fingerprint density at radius 1 is 1.05 bits per heavy atom. The van der Waals surface area contributed by atoms with Crippen molar-refractivity contribution in [2.45, 2.75) is 25.7 Å². The lowest BCUT2D eigenvalue weighted by molar-refractivity contribution is 0.475. The summed E-state index contributed by atoms with van der Waals surface area (Å²) in [4.78, 5) is 0. The van der Waals surface area contributed by atoms with E-state index < -0.39 is 0 Å². The van der Waals surface area contributed by atoms with Gasteiger partial charge in [-0.25, -0.2) is 0 Å². The number of benzene rings is 2. The van der Waals surface area contributed by atoms with E-state index in [1.54, 1.807) is 12.1 Å². The number of allylic oxidation sites excluding steroid dienone is 1. The molecule has 0 radical (unpaired) electrons. The predicted octanol–water partition coefficient (Wildman–Crippen LogP) is 4.60. The molecule has 2 aromatic carbocycles. The normalized spacial score (nSPS) is 12.1. The van der Waals surface area contributed by atoms with Crippen molar-refractivity contribution in [3.8, 4) is 5.75 Å². The monoisotopic (exact) mass is 252 g/mol. The molecule has 1 atom stereocenters. The predicted molar refractivity (Wildman–Crippen MR) is 80.5 cm³/mol. The van der Waals surface area contributed by atoms with E-state index in [9.17, 15) is 5.11 Å². The Morgan fingerprint density at radius 3 is 2.26 bits per heavy atom. The summed E-state index contributed by atoms with van der Waals surface area (Å²) in [6.07, 6.45) is 4.05. The lowest BCUT2D eigenvalue weighted by Crippen LogP contribution is -1.97. The smallest absolute Gasteiger partial charge is 0.115 e. The third-order valence-corrected chi connectivity index (χ3v) is 3.47. The van der Waals surface area contributed by atoms with Crippen LogP contribution >= 0.6 is 0 Å². The summed E-state index contributed by atoms with van der Waals surface area (Å²) in [6, 6.07) is 16.1. The molecule has 0 bridgehead atoms. The fourth-order valence-electron chi connectivity index (χ4n) is 2.22. The van der Waals surface area contributed by atoms with Crippen LogP contribution in [0.5, 0.6) is 5.75 Å². The average Bonchev–Trinajstić information content (AvgIpc) is 2.43. The van der Waals surface area contributed by atoms with Gasteiger partial charge in [0, 0.05) is 5.92 Å². The molecule has 1 N–H and O–H groups in total. The first kappa shape index (κ1) is 13.4. The fraction of sp³-hybridized carbons (Fsp3) is 0.222. The van der Waals surface area contributed by atoms with Gasteiger partial charge in [-0.2, -0.15) is 0 Å². The lowest BCUT2D eigenvalue weighted by atomic mass is 9.92. The van der Waals surface area contributed by atoms with Gasteiger partial charge in [-0.15, -0.1) is 6.58 Å². The number of phenols is 1. The minimum atomic E-state index is 0.322. The molecule has 0 amide bonds. The summed E-state index contributed by atoms with van der Waals surface area (Å²) >= 11 is 0. The van der Waals surface area contributed by atoms with E-state index in [-0.39, 0.29) is 0 Å². The molecule has 1 nitrogen and oxygen atoms in total. The molecule has 19 heavy (non-hydrogen) atoms. The molecule has 1 heteroatoms. The van der Waals surface area contributed by atoms with Crippen LogP contribution < -0.4 is 0 Å². The largest absolute Gasteiger partial charge is 0.508 e. The van der Waals surface area contributed by atoms with Crippen molar-refractivity contribution in [3.63, 3.8) is 0 Å². The minimum Gasteiger partial charge on any atom is -0.508 e. The molecular formula is C18H20O. The van der Waals surface area contributed by atoms with Gasteiger partial charge >= 0.3 is 0 Å². The van der Waals surface area contributed by atoms with E-state index in [1.807, 2.05) is 18.2 Å². The van der Waals surface area contributed by atoms with E-state index in [0.29, 0.717) is 11.7 Å². The standard InChI is InChI=1S/C18H20O/c1-3-16(17-9-4-14(2)5-10-17)11-6-15-7-12-18(19)13-8-15/h3-5,7-10,12-13,16,19H,1,6,11H2,2H3. The molecule has 0 aliphatic heterocycles. The highest BCUT2D eigenvalue weighted by atomic mass is 16.3. The molecule has 0 spiro atoms. The van der Waals surface area contributed by atoms with Crippen LogP contribution in [-0.4, -0.2) is 5.11 Å². The second kappa shape index (κ2) is 6.24. The van der Waals surface area contributed by atoms with Gasteiger partial charge in [0.1, 0.15) is 5.75 Å². The van der Waals surface area contributed by atoms with E-state index in [0.717, 1.165) is 12.8 Å². The van der Waals surface area contributed by atoms with E-state index >= 15 is 0 Å². The maximum absolute atomic E-state index is 9.27. The van der Waals surface area contributed by atoms with Gasteiger partial charge in [-0.1, -0.05) is 48.0 Å². The molecule has 0 fully saturated rings. The van der Waals surface area contributed by atoms with Gasteiger partial charge in [-0.3, -0.25) is 0 Å². The fourth-order valence-corrected chi connectivity index (χ4v) is 2.22. The van der Waals surface area contributed by atoms with Crippen LogP contribution in [-0.2, 0) is 6.42 Å². The second-order valence-electron chi connectivity index (χ2n) is 4.96. The third-order valence-electron chi connectivity index (χ3n) is 3.47. The summed E-state index contributed by atoms with van der Waals surface area (Å²) in [5.41, 5.74) is 3.85. The summed E-state index contributed by atoms with van der Waals surface area (Å²) in [5, 5.41) is 9.27. The average molecular weight is 252 g/mol. The maximum Gasteiger partial charge on any atom is 0.115 e. The summed E-state index contributed by atoms with van der Waals surface area (Å²) in [5.74, 6) is 0.706. The highest BCUT2D eigenvalue weighted by molar-refractivity contribution is 5.29.